The minimum absolute atomic E-state index is 0.164. The highest BCUT2D eigenvalue weighted by Gasteiger charge is 2.28. The van der Waals surface area contributed by atoms with Crippen molar-refractivity contribution >= 4 is 21.8 Å². The van der Waals surface area contributed by atoms with Crippen LogP contribution in [0.15, 0.2) is 29.2 Å². The molecule has 26 heavy (non-hydrogen) atoms. The van der Waals surface area contributed by atoms with Crippen molar-refractivity contribution in [3.05, 3.63) is 29.8 Å². The molecule has 2 saturated heterocycles. The number of amides is 2. The van der Waals surface area contributed by atoms with Crippen LogP contribution in [0.1, 0.15) is 23.2 Å². The highest BCUT2D eigenvalue weighted by Crippen LogP contribution is 2.21. The van der Waals surface area contributed by atoms with Crippen molar-refractivity contribution < 1.29 is 22.7 Å². The number of carbonyl (C=O) groups excluding carboxylic acids is 2. The van der Waals surface area contributed by atoms with Crippen LogP contribution in [-0.2, 0) is 19.6 Å². The van der Waals surface area contributed by atoms with Gasteiger partial charge in [0.25, 0.3) is 5.91 Å². The third kappa shape index (κ3) is 3.89. The van der Waals surface area contributed by atoms with Gasteiger partial charge in [0.1, 0.15) is 0 Å². The van der Waals surface area contributed by atoms with E-state index in [-0.39, 0.29) is 22.6 Å². The summed E-state index contributed by atoms with van der Waals surface area (Å²) >= 11 is 0. The molecule has 0 aromatic heterocycles. The average molecular weight is 381 g/mol. The van der Waals surface area contributed by atoms with Crippen LogP contribution >= 0.6 is 0 Å². The minimum Gasteiger partial charge on any atom is -0.379 e. The summed E-state index contributed by atoms with van der Waals surface area (Å²) in [6, 6.07) is 6.01. The van der Waals surface area contributed by atoms with E-state index in [0.717, 1.165) is 0 Å². The van der Waals surface area contributed by atoms with E-state index >= 15 is 0 Å². The standard InChI is InChI=1S/C17H23N3O5S/c18-16(21)13-5-7-19(8-6-13)17(22)14-1-3-15(4-2-14)26(23,24)20-9-11-25-12-10-20/h1-4,13H,5-12H2,(H2,18,21). The number of morpholine rings is 1. The molecular formula is C17H23N3O5S. The number of carbonyl (C=O) groups is 2. The Morgan fingerprint density at radius 2 is 1.58 bits per heavy atom. The summed E-state index contributed by atoms with van der Waals surface area (Å²) in [6.07, 6.45) is 1.12. The summed E-state index contributed by atoms with van der Waals surface area (Å²) in [6.45, 7) is 2.38. The fraction of sp³-hybridized carbons (Fsp3) is 0.529. The Hall–Kier alpha value is -1.97. The van der Waals surface area contributed by atoms with Crippen molar-refractivity contribution in [1.29, 1.82) is 0 Å². The number of likely N-dealkylation sites (tertiary alicyclic amines) is 1. The van der Waals surface area contributed by atoms with Gasteiger partial charge in [0.15, 0.2) is 0 Å². The summed E-state index contributed by atoms with van der Waals surface area (Å²) < 4.78 is 31.8. The first-order valence-corrected chi connectivity index (χ1v) is 10.1. The first-order chi connectivity index (χ1) is 12.4. The number of piperidine rings is 1. The zero-order valence-electron chi connectivity index (χ0n) is 14.5. The van der Waals surface area contributed by atoms with Crippen molar-refractivity contribution in [1.82, 2.24) is 9.21 Å². The predicted molar refractivity (Wildman–Crippen MR) is 93.8 cm³/mol. The normalized spacial score (nSPS) is 20.1. The van der Waals surface area contributed by atoms with Gasteiger partial charge < -0.3 is 15.4 Å². The zero-order valence-corrected chi connectivity index (χ0v) is 15.3. The van der Waals surface area contributed by atoms with Gasteiger partial charge in [-0.3, -0.25) is 9.59 Å². The van der Waals surface area contributed by atoms with E-state index < -0.39 is 10.0 Å². The maximum absolute atomic E-state index is 12.6. The molecule has 2 aliphatic rings. The number of nitrogens with zero attached hydrogens (tertiary/aromatic N) is 2. The van der Waals surface area contributed by atoms with Crippen LogP contribution in [0.4, 0.5) is 0 Å². The minimum atomic E-state index is -3.57. The lowest BCUT2D eigenvalue weighted by molar-refractivity contribution is -0.123. The molecule has 8 nitrogen and oxygen atoms in total. The van der Waals surface area contributed by atoms with E-state index in [4.69, 9.17) is 10.5 Å². The van der Waals surface area contributed by atoms with Crippen LogP contribution in [0.5, 0.6) is 0 Å². The quantitative estimate of drug-likeness (QED) is 0.792. The SMILES string of the molecule is NC(=O)C1CCN(C(=O)c2ccc(S(=O)(=O)N3CCOCC3)cc2)CC1. The van der Waals surface area contributed by atoms with Crippen LogP contribution in [0.25, 0.3) is 0 Å². The molecule has 2 fully saturated rings. The number of hydrogen-bond donors (Lipinski definition) is 1. The van der Waals surface area contributed by atoms with E-state index in [1.807, 2.05) is 0 Å². The lowest BCUT2D eigenvalue weighted by Crippen LogP contribution is -2.41. The monoisotopic (exact) mass is 381 g/mol. The van der Waals surface area contributed by atoms with Crippen molar-refractivity contribution in [2.75, 3.05) is 39.4 Å². The molecule has 0 radical (unpaired) electrons. The summed E-state index contributed by atoms with van der Waals surface area (Å²) in [5.41, 5.74) is 5.74. The van der Waals surface area contributed by atoms with Crippen molar-refractivity contribution in [2.24, 2.45) is 11.7 Å². The summed E-state index contributed by atoms with van der Waals surface area (Å²) in [5, 5.41) is 0. The van der Waals surface area contributed by atoms with Crippen molar-refractivity contribution in [3.8, 4) is 0 Å². The number of hydrogen-bond acceptors (Lipinski definition) is 5. The molecule has 0 saturated carbocycles. The van der Waals surface area contributed by atoms with E-state index in [2.05, 4.69) is 0 Å². The molecule has 2 heterocycles. The van der Waals surface area contributed by atoms with Gasteiger partial charge >= 0.3 is 0 Å². The molecule has 0 bridgehead atoms. The van der Waals surface area contributed by atoms with Gasteiger partial charge in [-0.25, -0.2) is 8.42 Å². The lowest BCUT2D eigenvalue weighted by atomic mass is 9.96. The molecule has 142 valence electrons. The smallest absolute Gasteiger partial charge is 0.253 e. The third-order valence-corrected chi connectivity index (χ3v) is 6.81. The molecule has 2 amide bonds. The predicted octanol–water partition coefficient (Wildman–Crippen LogP) is 0.0450. The number of sulfonamides is 1. The van der Waals surface area contributed by atoms with Crippen LogP contribution in [-0.4, -0.2) is 68.8 Å². The fourth-order valence-corrected chi connectivity index (χ4v) is 4.66. The second-order valence-electron chi connectivity index (χ2n) is 6.51. The van der Waals surface area contributed by atoms with Gasteiger partial charge in [0.2, 0.25) is 15.9 Å². The van der Waals surface area contributed by atoms with E-state index in [1.54, 1.807) is 4.90 Å². The summed E-state index contributed by atoms with van der Waals surface area (Å²) in [4.78, 5) is 25.6. The maximum atomic E-state index is 12.6. The number of ether oxygens (including phenoxy) is 1. The van der Waals surface area contributed by atoms with Crippen molar-refractivity contribution in [2.45, 2.75) is 17.7 Å². The highest BCUT2D eigenvalue weighted by molar-refractivity contribution is 7.89. The third-order valence-electron chi connectivity index (χ3n) is 4.89. The molecule has 9 heteroatoms. The molecule has 2 N–H and O–H groups in total. The second kappa shape index (κ2) is 7.73. The van der Waals surface area contributed by atoms with Gasteiger partial charge in [-0.2, -0.15) is 4.31 Å². The van der Waals surface area contributed by atoms with Gasteiger partial charge in [-0.1, -0.05) is 0 Å². The molecule has 1 aromatic rings. The Balaban J connectivity index is 1.67. The number of benzene rings is 1. The van der Waals surface area contributed by atoms with Gasteiger partial charge in [-0.15, -0.1) is 0 Å². The van der Waals surface area contributed by atoms with Gasteiger partial charge in [0, 0.05) is 37.7 Å². The molecule has 1 aromatic carbocycles. The van der Waals surface area contributed by atoms with Crippen molar-refractivity contribution in [3.63, 3.8) is 0 Å². The molecular weight excluding hydrogens is 358 g/mol. The average Bonchev–Trinajstić information content (AvgIpc) is 2.68. The summed E-state index contributed by atoms with van der Waals surface area (Å²) in [7, 11) is -3.57. The number of primary amides is 1. The lowest BCUT2D eigenvalue weighted by Gasteiger charge is -2.30. The van der Waals surface area contributed by atoms with Crippen LogP contribution in [0.3, 0.4) is 0 Å². The Morgan fingerprint density at radius 3 is 2.12 bits per heavy atom. The Labute approximate surface area is 152 Å². The second-order valence-corrected chi connectivity index (χ2v) is 8.45. The topological polar surface area (TPSA) is 110 Å². The summed E-state index contributed by atoms with van der Waals surface area (Å²) in [5.74, 6) is -0.668. The molecule has 3 rings (SSSR count). The van der Waals surface area contributed by atoms with Crippen LogP contribution < -0.4 is 5.73 Å². The van der Waals surface area contributed by atoms with E-state index in [1.165, 1.54) is 28.6 Å². The first-order valence-electron chi connectivity index (χ1n) is 8.66. The van der Waals surface area contributed by atoms with Gasteiger partial charge in [-0.05, 0) is 37.1 Å². The van der Waals surface area contributed by atoms with E-state index in [0.29, 0.717) is 57.8 Å². The molecule has 0 spiro atoms. The molecule has 0 atom stereocenters. The first kappa shape index (κ1) is 18.8. The molecule has 0 unspecified atom stereocenters. The number of nitrogens with two attached hydrogens (primary N) is 1. The maximum Gasteiger partial charge on any atom is 0.253 e. The largest absolute Gasteiger partial charge is 0.379 e. The van der Waals surface area contributed by atoms with E-state index in [9.17, 15) is 18.0 Å². The molecule has 2 aliphatic heterocycles. The Bertz CT molecular complexity index is 764. The van der Waals surface area contributed by atoms with Crippen LogP contribution in [0.2, 0.25) is 0 Å². The van der Waals surface area contributed by atoms with Gasteiger partial charge in [0.05, 0.1) is 18.1 Å². The Morgan fingerprint density at radius 1 is 1.00 bits per heavy atom. The molecule has 0 aliphatic carbocycles. The number of rotatable bonds is 4. The highest BCUT2D eigenvalue weighted by atomic mass is 32.2. The fourth-order valence-electron chi connectivity index (χ4n) is 3.26. The Kier molecular flexibility index (Phi) is 5.59. The zero-order chi connectivity index (χ0) is 18.7. The van der Waals surface area contributed by atoms with Crippen LogP contribution in [0, 0.1) is 5.92 Å².